The minimum atomic E-state index is -0.589. The highest BCUT2D eigenvalue weighted by molar-refractivity contribution is 14.0. The van der Waals surface area contributed by atoms with Crippen LogP contribution < -0.4 is 20.5 Å². The number of nitrogens with two attached hydrogens (primary N) is 1. The Labute approximate surface area is 175 Å². The number of hydrogen-bond acceptors (Lipinski definition) is 5. The monoisotopic (exact) mass is 488 g/mol. The van der Waals surface area contributed by atoms with Crippen LogP contribution in [0, 0.1) is 0 Å². The predicted molar refractivity (Wildman–Crippen MR) is 114 cm³/mol. The summed E-state index contributed by atoms with van der Waals surface area (Å²) in [5, 5.41) is 3.16. The number of methoxy groups -OCH3 is 1. The first kappa shape index (κ1) is 22.6. The first-order valence-electron chi connectivity index (χ1n) is 8.10. The van der Waals surface area contributed by atoms with Crippen LogP contribution in [0.2, 0.25) is 0 Å². The molecule has 0 spiro atoms. The molecule has 1 aromatic heterocycles. The molecule has 1 heterocycles. The number of rotatable bonds is 8. The zero-order chi connectivity index (χ0) is 18.9. The lowest BCUT2D eigenvalue weighted by atomic mass is 10.3. The summed E-state index contributed by atoms with van der Waals surface area (Å²) >= 11 is 0. The summed E-state index contributed by atoms with van der Waals surface area (Å²) in [5.41, 5.74) is 5.17. The molecule has 8 nitrogen and oxygen atoms in total. The van der Waals surface area contributed by atoms with Crippen molar-refractivity contribution in [1.82, 2.24) is 10.2 Å². The molecule has 1 aromatic carbocycles. The number of benzene rings is 1. The third-order valence-corrected chi connectivity index (χ3v) is 3.65. The van der Waals surface area contributed by atoms with Gasteiger partial charge in [-0.25, -0.2) is 0 Å². The van der Waals surface area contributed by atoms with Gasteiger partial charge in [0, 0.05) is 14.1 Å². The first-order valence-corrected chi connectivity index (χ1v) is 8.10. The van der Waals surface area contributed by atoms with Crippen molar-refractivity contribution in [2.45, 2.75) is 6.54 Å². The van der Waals surface area contributed by atoms with Crippen LogP contribution in [-0.2, 0) is 6.54 Å². The standard InChI is InChI=1S/C18H24N4O4.HI/c1-20-18(21-12-15-8-9-16(26-15)17(19)23)22(2)10-11-25-14-6-4-13(24-3)5-7-14;/h4-9H,10-12H2,1-3H3,(H2,19,23)(H,20,21);1H. The minimum Gasteiger partial charge on any atom is -0.497 e. The van der Waals surface area contributed by atoms with E-state index in [1.807, 2.05) is 36.2 Å². The van der Waals surface area contributed by atoms with E-state index in [2.05, 4.69) is 10.3 Å². The van der Waals surface area contributed by atoms with Gasteiger partial charge in [-0.15, -0.1) is 24.0 Å². The summed E-state index contributed by atoms with van der Waals surface area (Å²) in [6, 6.07) is 10.7. The lowest BCUT2D eigenvalue weighted by Crippen LogP contribution is -2.40. The lowest BCUT2D eigenvalue weighted by molar-refractivity contribution is 0.0972. The molecule has 0 saturated carbocycles. The van der Waals surface area contributed by atoms with E-state index in [0.717, 1.165) is 11.5 Å². The molecule has 0 aliphatic heterocycles. The van der Waals surface area contributed by atoms with E-state index in [0.29, 0.717) is 31.4 Å². The second-order valence-corrected chi connectivity index (χ2v) is 5.48. The Hall–Kier alpha value is -2.43. The summed E-state index contributed by atoms with van der Waals surface area (Å²) < 4.78 is 16.2. The number of nitrogens with one attached hydrogen (secondary N) is 1. The van der Waals surface area contributed by atoms with Crippen molar-refractivity contribution in [1.29, 1.82) is 0 Å². The van der Waals surface area contributed by atoms with Crippen LogP contribution >= 0.6 is 24.0 Å². The van der Waals surface area contributed by atoms with Gasteiger partial charge < -0.3 is 29.8 Å². The third-order valence-electron chi connectivity index (χ3n) is 3.65. The zero-order valence-electron chi connectivity index (χ0n) is 15.6. The van der Waals surface area contributed by atoms with E-state index in [9.17, 15) is 4.79 Å². The molecule has 3 N–H and O–H groups in total. The molecule has 0 atom stereocenters. The molecule has 0 fully saturated rings. The second-order valence-electron chi connectivity index (χ2n) is 5.48. The zero-order valence-corrected chi connectivity index (χ0v) is 17.9. The maximum absolute atomic E-state index is 11.0. The highest BCUT2D eigenvalue weighted by Crippen LogP contribution is 2.16. The van der Waals surface area contributed by atoms with E-state index >= 15 is 0 Å². The van der Waals surface area contributed by atoms with Gasteiger partial charge in [0.15, 0.2) is 11.7 Å². The number of carbonyl (C=O) groups excluding carboxylic acids is 1. The number of halogens is 1. The van der Waals surface area contributed by atoms with Crippen LogP contribution in [0.5, 0.6) is 11.5 Å². The van der Waals surface area contributed by atoms with Gasteiger partial charge in [0.25, 0.3) is 5.91 Å². The van der Waals surface area contributed by atoms with Gasteiger partial charge in [-0.05, 0) is 36.4 Å². The molecule has 0 aliphatic carbocycles. The molecule has 2 rings (SSSR count). The molecule has 0 radical (unpaired) electrons. The van der Waals surface area contributed by atoms with Crippen LogP contribution in [0.1, 0.15) is 16.3 Å². The van der Waals surface area contributed by atoms with E-state index in [-0.39, 0.29) is 29.7 Å². The number of furan rings is 1. The van der Waals surface area contributed by atoms with Crippen molar-refractivity contribution < 1.29 is 18.7 Å². The van der Waals surface area contributed by atoms with E-state index < -0.39 is 5.91 Å². The quantitative estimate of drug-likeness (QED) is 0.335. The molecule has 1 amide bonds. The number of amides is 1. The Morgan fingerprint density at radius 3 is 2.44 bits per heavy atom. The molecule has 9 heteroatoms. The normalized spacial score (nSPS) is 10.7. The van der Waals surface area contributed by atoms with E-state index in [4.69, 9.17) is 19.6 Å². The second kappa shape index (κ2) is 11.3. The molecule has 27 heavy (non-hydrogen) atoms. The summed E-state index contributed by atoms with van der Waals surface area (Å²) in [5.74, 6) is 2.39. The Bertz CT molecular complexity index is 746. The highest BCUT2D eigenvalue weighted by atomic mass is 127. The Morgan fingerprint density at radius 1 is 1.22 bits per heavy atom. The van der Waals surface area contributed by atoms with Crippen molar-refractivity contribution in [2.24, 2.45) is 10.7 Å². The number of aliphatic imine (C=N–C) groups is 1. The number of guanidine groups is 1. The number of ether oxygens (including phenoxy) is 2. The average molecular weight is 488 g/mol. The van der Waals surface area contributed by atoms with Gasteiger partial charge in [-0.2, -0.15) is 0 Å². The van der Waals surface area contributed by atoms with Gasteiger partial charge in [-0.1, -0.05) is 0 Å². The summed E-state index contributed by atoms with van der Waals surface area (Å²) in [6.07, 6.45) is 0. The van der Waals surface area contributed by atoms with Crippen LogP contribution in [0.15, 0.2) is 45.8 Å². The summed E-state index contributed by atoms with van der Waals surface area (Å²) in [6.45, 7) is 1.52. The topological polar surface area (TPSA) is 102 Å². The van der Waals surface area contributed by atoms with Crippen molar-refractivity contribution in [3.05, 3.63) is 47.9 Å². The van der Waals surface area contributed by atoms with Crippen LogP contribution in [0.25, 0.3) is 0 Å². The number of nitrogens with zero attached hydrogens (tertiary/aromatic N) is 2. The van der Waals surface area contributed by atoms with Crippen molar-refractivity contribution >= 4 is 35.8 Å². The van der Waals surface area contributed by atoms with Gasteiger partial charge >= 0.3 is 0 Å². The fourth-order valence-electron chi connectivity index (χ4n) is 2.23. The fraction of sp³-hybridized carbons (Fsp3) is 0.333. The van der Waals surface area contributed by atoms with E-state index in [1.54, 1.807) is 26.3 Å². The lowest BCUT2D eigenvalue weighted by Gasteiger charge is -2.21. The highest BCUT2D eigenvalue weighted by Gasteiger charge is 2.10. The number of likely N-dealkylation sites (N-methyl/N-ethyl adjacent to an activating group) is 1. The minimum absolute atomic E-state index is 0. The first-order chi connectivity index (χ1) is 12.5. The molecular weight excluding hydrogens is 463 g/mol. The maximum atomic E-state index is 11.0. The van der Waals surface area contributed by atoms with Crippen LogP contribution in [0.3, 0.4) is 0 Å². The Morgan fingerprint density at radius 2 is 1.89 bits per heavy atom. The molecular formula is C18H25IN4O4. The fourth-order valence-corrected chi connectivity index (χ4v) is 2.23. The molecule has 148 valence electrons. The van der Waals surface area contributed by atoms with Gasteiger partial charge in [0.1, 0.15) is 23.9 Å². The Balaban J connectivity index is 0.00000364. The SMILES string of the molecule is CN=C(NCc1ccc(C(N)=O)o1)N(C)CCOc1ccc(OC)cc1.I. The van der Waals surface area contributed by atoms with Crippen molar-refractivity contribution in [3.63, 3.8) is 0 Å². The third kappa shape index (κ3) is 7.00. The summed E-state index contributed by atoms with van der Waals surface area (Å²) in [7, 11) is 5.23. The van der Waals surface area contributed by atoms with Crippen molar-refractivity contribution in [2.75, 3.05) is 34.4 Å². The molecule has 0 aliphatic rings. The van der Waals surface area contributed by atoms with Gasteiger partial charge in [-0.3, -0.25) is 9.79 Å². The number of carbonyl (C=O) groups is 1. The van der Waals surface area contributed by atoms with Crippen molar-refractivity contribution in [3.8, 4) is 11.5 Å². The van der Waals surface area contributed by atoms with Crippen LogP contribution in [-0.4, -0.2) is 51.1 Å². The van der Waals surface area contributed by atoms with E-state index in [1.165, 1.54) is 0 Å². The molecule has 0 saturated heterocycles. The maximum Gasteiger partial charge on any atom is 0.284 e. The average Bonchev–Trinajstić information content (AvgIpc) is 3.12. The van der Waals surface area contributed by atoms with Gasteiger partial charge in [0.05, 0.1) is 20.2 Å². The molecule has 0 bridgehead atoms. The predicted octanol–water partition coefficient (Wildman–Crippen LogP) is 2.09. The van der Waals surface area contributed by atoms with Crippen LogP contribution in [0.4, 0.5) is 0 Å². The van der Waals surface area contributed by atoms with Gasteiger partial charge in [0.2, 0.25) is 0 Å². The number of hydrogen-bond donors (Lipinski definition) is 2. The Kier molecular flexibility index (Phi) is 9.48. The smallest absolute Gasteiger partial charge is 0.284 e. The summed E-state index contributed by atoms with van der Waals surface area (Å²) in [4.78, 5) is 17.2. The molecule has 2 aromatic rings. The largest absolute Gasteiger partial charge is 0.497 e. The number of primary amides is 1. The molecule has 0 unspecified atom stereocenters.